The number of benzene rings is 2. The molecule has 1 fully saturated rings. The van der Waals surface area contributed by atoms with Crippen molar-refractivity contribution in [1.29, 1.82) is 0 Å². The van der Waals surface area contributed by atoms with Crippen LogP contribution in [0.3, 0.4) is 0 Å². The fourth-order valence-electron chi connectivity index (χ4n) is 5.20. The molecule has 0 aliphatic carbocycles. The van der Waals surface area contributed by atoms with E-state index in [-0.39, 0.29) is 23.8 Å². The van der Waals surface area contributed by atoms with Crippen LogP contribution in [0.1, 0.15) is 52.3 Å². The Morgan fingerprint density at radius 3 is 2.56 bits per heavy atom. The maximum Gasteiger partial charge on any atom is 0.416 e. The van der Waals surface area contributed by atoms with Crippen molar-refractivity contribution in [2.24, 2.45) is 0 Å². The molecule has 2 aromatic carbocycles. The van der Waals surface area contributed by atoms with Gasteiger partial charge in [0.2, 0.25) is 0 Å². The second kappa shape index (κ2) is 12.2. The van der Waals surface area contributed by atoms with Crippen LogP contribution in [0.4, 0.5) is 30.4 Å². The third-order valence-electron chi connectivity index (χ3n) is 7.94. The Balaban J connectivity index is 1.41. The number of alkyl halides is 3. The Bertz CT molecular complexity index is 1630. The first kappa shape index (κ1) is 30.2. The van der Waals surface area contributed by atoms with Crippen molar-refractivity contribution >= 4 is 23.0 Å². The SMILES string of the molecule is CCc1cc(-n2nc(C)cc2Nc2cc(CC(=O)c3cc(N4CCN(C)[C@H](C)C4)cc(C(F)(F)F)c3)ccc2C)ncn1. The van der Waals surface area contributed by atoms with Gasteiger partial charge in [-0.2, -0.15) is 23.0 Å². The highest BCUT2D eigenvalue weighted by Crippen LogP contribution is 2.34. The number of aryl methyl sites for hydroxylation is 3. The molecule has 226 valence electrons. The number of hydrogen-bond acceptors (Lipinski definition) is 7. The summed E-state index contributed by atoms with van der Waals surface area (Å²) in [6.45, 7) is 9.79. The van der Waals surface area contributed by atoms with Crippen LogP contribution in [0.25, 0.3) is 5.82 Å². The molecule has 1 saturated heterocycles. The Morgan fingerprint density at radius 2 is 1.84 bits per heavy atom. The second-order valence-corrected chi connectivity index (χ2v) is 11.2. The average molecular weight is 592 g/mol. The number of halogens is 3. The summed E-state index contributed by atoms with van der Waals surface area (Å²) in [6, 6.07) is 13.2. The normalized spacial score (nSPS) is 16.0. The largest absolute Gasteiger partial charge is 0.416 e. The third-order valence-corrected chi connectivity index (χ3v) is 7.94. The molecule has 0 unspecified atom stereocenters. The molecule has 0 saturated carbocycles. The number of carbonyl (C=O) groups excluding carboxylic acids is 1. The molecule has 4 aromatic rings. The summed E-state index contributed by atoms with van der Waals surface area (Å²) in [5, 5.41) is 8.00. The summed E-state index contributed by atoms with van der Waals surface area (Å²) >= 11 is 0. The third kappa shape index (κ3) is 6.88. The molecule has 1 aliphatic rings. The average Bonchev–Trinajstić information content (AvgIpc) is 3.35. The molecule has 8 nitrogen and oxygen atoms in total. The van der Waals surface area contributed by atoms with E-state index in [1.54, 1.807) is 10.7 Å². The smallest absolute Gasteiger partial charge is 0.369 e. The number of likely N-dealkylation sites (N-methyl/N-ethyl adjacent to an activating group) is 1. The van der Waals surface area contributed by atoms with E-state index in [9.17, 15) is 18.0 Å². The number of carbonyl (C=O) groups is 1. The van der Waals surface area contributed by atoms with Crippen LogP contribution in [0.15, 0.2) is 54.9 Å². The van der Waals surface area contributed by atoms with Gasteiger partial charge in [-0.05, 0) is 69.6 Å². The van der Waals surface area contributed by atoms with Gasteiger partial charge in [-0.25, -0.2) is 9.97 Å². The van der Waals surface area contributed by atoms with Gasteiger partial charge in [0, 0.05) is 66.9 Å². The molecule has 5 rings (SSSR count). The Morgan fingerprint density at radius 1 is 1.05 bits per heavy atom. The van der Waals surface area contributed by atoms with Gasteiger partial charge < -0.3 is 15.1 Å². The molecule has 2 aromatic heterocycles. The minimum Gasteiger partial charge on any atom is -0.369 e. The minimum absolute atomic E-state index is 0.0427. The van der Waals surface area contributed by atoms with Crippen molar-refractivity contribution in [3.05, 3.63) is 88.5 Å². The molecule has 0 amide bonds. The quantitative estimate of drug-likeness (QED) is 0.246. The minimum atomic E-state index is -4.56. The molecular weight excluding hydrogens is 555 g/mol. The second-order valence-electron chi connectivity index (χ2n) is 11.2. The lowest BCUT2D eigenvalue weighted by Crippen LogP contribution is -2.50. The van der Waals surface area contributed by atoms with Crippen molar-refractivity contribution in [3.63, 3.8) is 0 Å². The number of hydrogen-bond donors (Lipinski definition) is 1. The van der Waals surface area contributed by atoms with Crippen LogP contribution in [0.2, 0.25) is 0 Å². The zero-order chi connectivity index (χ0) is 30.9. The van der Waals surface area contributed by atoms with Crippen LogP contribution in [-0.2, 0) is 19.0 Å². The molecule has 0 bridgehead atoms. The van der Waals surface area contributed by atoms with Gasteiger partial charge in [-0.15, -0.1) is 0 Å². The predicted octanol–water partition coefficient (Wildman–Crippen LogP) is 6.17. The van der Waals surface area contributed by atoms with Crippen LogP contribution in [0, 0.1) is 13.8 Å². The van der Waals surface area contributed by atoms with Crippen LogP contribution in [0.5, 0.6) is 0 Å². The standard InChI is InChI=1S/C32H36F3N7O/c1-6-26-17-30(37-19-36-26)42-31(11-21(3)39-42)38-28-12-23(8-7-20(28)2)13-29(43)24-14-25(32(33,34)35)16-27(15-24)41-10-9-40(5)22(4)18-41/h7-8,11-12,14-17,19,22,38H,6,9-10,13,18H2,1-5H3/t22-/m1/s1. The van der Waals surface area contributed by atoms with Gasteiger partial charge in [0.15, 0.2) is 11.6 Å². The fraction of sp³-hybridized carbons (Fsp3) is 0.375. The molecule has 43 heavy (non-hydrogen) atoms. The number of nitrogens with zero attached hydrogens (tertiary/aromatic N) is 6. The van der Waals surface area contributed by atoms with Gasteiger partial charge in [0.25, 0.3) is 0 Å². The van der Waals surface area contributed by atoms with Gasteiger partial charge in [-0.1, -0.05) is 19.1 Å². The van der Waals surface area contributed by atoms with E-state index in [1.807, 2.05) is 70.0 Å². The zero-order valence-corrected chi connectivity index (χ0v) is 25.0. The van der Waals surface area contributed by atoms with Gasteiger partial charge in [0.1, 0.15) is 12.1 Å². The number of anilines is 3. The lowest BCUT2D eigenvalue weighted by molar-refractivity contribution is -0.137. The van der Waals surface area contributed by atoms with Crippen LogP contribution >= 0.6 is 0 Å². The summed E-state index contributed by atoms with van der Waals surface area (Å²) in [4.78, 5) is 26.2. The fourth-order valence-corrected chi connectivity index (χ4v) is 5.20. The molecule has 1 N–H and O–H groups in total. The first-order valence-corrected chi connectivity index (χ1v) is 14.4. The lowest BCUT2D eigenvalue weighted by Gasteiger charge is -2.39. The predicted molar refractivity (Wildman–Crippen MR) is 162 cm³/mol. The Labute approximate surface area is 249 Å². The van der Waals surface area contributed by atoms with E-state index in [2.05, 4.69) is 25.3 Å². The summed E-state index contributed by atoms with van der Waals surface area (Å²) in [5.74, 6) is 0.939. The first-order valence-electron chi connectivity index (χ1n) is 14.4. The number of Topliss-reactive ketones (excluding diaryl/α,β-unsaturated/α-hetero) is 1. The van der Waals surface area contributed by atoms with Gasteiger partial charge in [-0.3, -0.25) is 4.79 Å². The topological polar surface area (TPSA) is 79.2 Å². The van der Waals surface area contributed by atoms with Crippen molar-refractivity contribution in [3.8, 4) is 5.82 Å². The summed E-state index contributed by atoms with van der Waals surface area (Å²) in [6.07, 6.45) is -2.34. The van der Waals surface area contributed by atoms with Gasteiger partial charge in [0.05, 0.1) is 11.3 Å². The number of aromatic nitrogens is 4. The van der Waals surface area contributed by atoms with Crippen molar-refractivity contribution in [2.45, 2.75) is 52.8 Å². The zero-order valence-electron chi connectivity index (χ0n) is 25.0. The molecule has 0 radical (unpaired) electrons. The monoisotopic (exact) mass is 591 g/mol. The van der Waals surface area contributed by atoms with E-state index in [1.165, 1.54) is 6.33 Å². The van der Waals surface area contributed by atoms with Crippen LogP contribution < -0.4 is 10.2 Å². The highest BCUT2D eigenvalue weighted by Gasteiger charge is 2.33. The molecule has 1 atom stereocenters. The molecule has 11 heteroatoms. The Hall–Kier alpha value is -4.25. The van der Waals surface area contributed by atoms with Crippen LogP contribution in [-0.4, -0.2) is 63.2 Å². The maximum absolute atomic E-state index is 13.9. The van der Waals surface area contributed by atoms with Crippen molar-refractivity contribution < 1.29 is 18.0 Å². The molecule has 0 spiro atoms. The summed E-state index contributed by atoms with van der Waals surface area (Å²) in [5.41, 5.74) is 3.71. The van der Waals surface area contributed by atoms with Crippen molar-refractivity contribution in [2.75, 3.05) is 36.9 Å². The summed E-state index contributed by atoms with van der Waals surface area (Å²) in [7, 11) is 2.00. The van der Waals surface area contributed by atoms with E-state index in [4.69, 9.17) is 0 Å². The van der Waals surface area contributed by atoms with Gasteiger partial charge >= 0.3 is 6.18 Å². The molecule has 1 aliphatic heterocycles. The van der Waals surface area contributed by atoms with E-state index < -0.39 is 11.7 Å². The number of nitrogens with one attached hydrogen (secondary N) is 1. The maximum atomic E-state index is 13.9. The number of piperazine rings is 1. The highest BCUT2D eigenvalue weighted by molar-refractivity contribution is 5.98. The summed E-state index contributed by atoms with van der Waals surface area (Å²) < 4.78 is 43.4. The molecular formula is C32H36F3N7O. The highest BCUT2D eigenvalue weighted by atomic mass is 19.4. The Kier molecular flexibility index (Phi) is 8.55. The van der Waals surface area contributed by atoms with E-state index in [0.29, 0.717) is 36.0 Å². The van der Waals surface area contributed by atoms with E-state index in [0.717, 1.165) is 47.7 Å². The number of rotatable bonds is 8. The molecule has 3 heterocycles. The number of ketones is 1. The van der Waals surface area contributed by atoms with Crippen molar-refractivity contribution in [1.82, 2.24) is 24.6 Å². The van der Waals surface area contributed by atoms with E-state index >= 15 is 0 Å². The lowest BCUT2D eigenvalue weighted by atomic mass is 9.98. The first-order chi connectivity index (χ1) is 20.4.